The van der Waals surface area contributed by atoms with E-state index in [2.05, 4.69) is 14.6 Å². The first kappa shape index (κ1) is 18.6. The summed E-state index contributed by atoms with van der Waals surface area (Å²) in [7, 11) is 0. The fourth-order valence-electron chi connectivity index (χ4n) is 1.36. The fraction of sp³-hybridized carbons (Fsp3) is 0.500. The van der Waals surface area contributed by atoms with Crippen LogP contribution in [0.3, 0.4) is 0 Å². The van der Waals surface area contributed by atoms with Gasteiger partial charge in [-0.25, -0.2) is 0 Å². The third-order valence-corrected chi connectivity index (χ3v) is 2.53. The molecule has 0 amide bonds. The summed E-state index contributed by atoms with van der Waals surface area (Å²) in [6.07, 6.45) is 0. The lowest BCUT2D eigenvalue weighted by atomic mass is 10.3. The number of hydrogen-bond donors (Lipinski definition) is 0. The number of hydrogen-bond acceptors (Lipinski definition) is 15. The van der Waals surface area contributed by atoms with E-state index in [-0.39, 0.29) is 0 Å². The highest BCUT2D eigenvalue weighted by Crippen LogP contribution is 2.31. The Bertz CT molecular complexity index is 672. The van der Waals surface area contributed by atoms with Gasteiger partial charge in [-0.15, -0.1) is 0 Å². The molecule has 1 rings (SSSR count). The topological polar surface area (TPSA) is 298 Å². The summed E-state index contributed by atoms with van der Waals surface area (Å²) in [5.74, 6) is -13.6. The zero-order chi connectivity index (χ0) is 19.7. The Morgan fingerprint density at radius 1 is 0.560 bits per heavy atom. The molecular weight excluding hydrogens is 368 g/mol. The van der Waals surface area contributed by atoms with Gasteiger partial charge < -0.3 is 4.42 Å². The Balaban J connectivity index is 3.82. The minimum atomic E-state index is -4.60. The molecule has 0 saturated heterocycles. The molecule has 0 aliphatic heterocycles. The van der Waals surface area contributed by atoms with Crippen LogP contribution in [-0.2, 0) is 11.6 Å². The molecule has 0 bridgehead atoms. The quantitative estimate of drug-likeness (QED) is 0.270. The molecule has 0 atom stereocenters. The molecular formula is C4N8O13. The molecule has 0 unspecified atom stereocenters. The minimum Gasteiger partial charge on any atom is -0.388 e. The first-order valence-electron chi connectivity index (χ1n) is 5.09. The third kappa shape index (κ3) is 2.18. The molecule has 1 heterocycles. The highest BCUT2D eigenvalue weighted by Gasteiger charge is 2.82. The molecule has 0 N–H and O–H groups in total. The van der Waals surface area contributed by atoms with E-state index >= 15 is 0 Å². The summed E-state index contributed by atoms with van der Waals surface area (Å²) >= 11 is 0. The first-order chi connectivity index (χ1) is 11.4. The van der Waals surface area contributed by atoms with Crippen LogP contribution in [-0.4, -0.2) is 39.7 Å². The van der Waals surface area contributed by atoms with Crippen molar-refractivity contribution in [2.45, 2.75) is 11.6 Å². The molecule has 0 aliphatic carbocycles. The van der Waals surface area contributed by atoms with E-state index in [9.17, 15) is 60.7 Å². The Morgan fingerprint density at radius 3 is 0.920 bits per heavy atom. The molecule has 0 aliphatic rings. The van der Waals surface area contributed by atoms with Crippen LogP contribution >= 0.6 is 0 Å². The summed E-state index contributed by atoms with van der Waals surface area (Å²) in [6, 6.07) is 0. The molecule has 0 aromatic carbocycles. The van der Waals surface area contributed by atoms with Gasteiger partial charge in [-0.05, 0) is 0 Å². The Kier molecular flexibility index (Phi) is 4.19. The van der Waals surface area contributed by atoms with E-state index < -0.39 is 52.9 Å². The smallest absolute Gasteiger partial charge is 0.388 e. The number of nitro groups is 6. The largest absolute Gasteiger partial charge is 0.781 e. The van der Waals surface area contributed by atoms with Gasteiger partial charge in [0.1, 0.15) is 0 Å². The van der Waals surface area contributed by atoms with E-state index in [0.717, 1.165) is 0 Å². The van der Waals surface area contributed by atoms with Gasteiger partial charge in [0.15, 0.2) is 29.5 Å². The van der Waals surface area contributed by atoms with Crippen LogP contribution in [0.5, 0.6) is 0 Å². The van der Waals surface area contributed by atoms with Crippen LogP contribution in [0, 0.1) is 60.7 Å². The lowest BCUT2D eigenvalue weighted by molar-refractivity contribution is -0.992. The van der Waals surface area contributed by atoms with Crippen molar-refractivity contribution >= 4 is 0 Å². The molecule has 0 radical (unpaired) electrons. The summed E-state index contributed by atoms with van der Waals surface area (Å²) in [5.41, 5.74) is 0. The van der Waals surface area contributed by atoms with E-state index in [1.54, 1.807) is 0 Å². The highest BCUT2D eigenvalue weighted by molar-refractivity contribution is 4.90. The average molecular weight is 368 g/mol. The molecule has 0 fully saturated rings. The van der Waals surface area contributed by atoms with Gasteiger partial charge in [-0.3, -0.25) is 60.7 Å². The normalized spacial score (nSPS) is 11.5. The van der Waals surface area contributed by atoms with Crippen molar-refractivity contribution < 1.29 is 34.0 Å². The predicted molar refractivity (Wildman–Crippen MR) is 59.6 cm³/mol. The minimum absolute atomic E-state index is 2.16. The summed E-state index contributed by atoms with van der Waals surface area (Å²) in [6.45, 7) is 0. The second-order valence-corrected chi connectivity index (χ2v) is 3.73. The van der Waals surface area contributed by atoms with Gasteiger partial charge in [-0.2, -0.15) is 0 Å². The maximum Gasteiger partial charge on any atom is 0.781 e. The monoisotopic (exact) mass is 368 g/mol. The molecule has 0 saturated carbocycles. The third-order valence-electron chi connectivity index (χ3n) is 2.53. The summed E-state index contributed by atoms with van der Waals surface area (Å²) in [4.78, 5) is 51.6. The van der Waals surface area contributed by atoms with Crippen molar-refractivity contribution in [3.8, 4) is 0 Å². The van der Waals surface area contributed by atoms with Crippen molar-refractivity contribution in [1.29, 1.82) is 0 Å². The number of rotatable bonds is 8. The standard InChI is InChI=1S/C4N8O13/c13-7(14)3(8(15)16,9(17)18)1-5-6-2(25-1)4(10(19)20,11(21)22)12(23)24. The lowest BCUT2D eigenvalue weighted by Crippen LogP contribution is -2.51. The van der Waals surface area contributed by atoms with Crippen molar-refractivity contribution in [3.05, 3.63) is 72.5 Å². The molecule has 21 nitrogen and oxygen atoms in total. The Morgan fingerprint density at radius 2 is 0.760 bits per heavy atom. The Labute approximate surface area is 129 Å². The van der Waals surface area contributed by atoms with E-state index in [1.165, 1.54) is 0 Å². The maximum absolute atomic E-state index is 10.8. The fourth-order valence-corrected chi connectivity index (χ4v) is 1.36. The molecule has 1 aromatic heterocycles. The lowest BCUT2D eigenvalue weighted by Gasteiger charge is -2.05. The van der Waals surface area contributed by atoms with Crippen LogP contribution in [0.2, 0.25) is 0 Å². The number of nitrogens with zero attached hydrogens (tertiary/aromatic N) is 8. The molecule has 0 spiro atoms. The Hall–Kier alpha value is -4.46. The van der Waals surface area contributed by atoms with Gasteiger partial charge in [0.25, 0.3) is 0 Å². The van der Waals surface area contributed by atoms with Gasteiger partial charge in [-0.1, -0.05) is 10.2 Å². The average Bonchev–Trinajstić information content (AvgIpc) is 2.87. The van der Waals surface area contributed by atoms with Crippen LogP contribution in [0.1, 0.15) is 11.8 Å². The van der Waals surface area contributed by atoms with Gasteiger partial charge in [0.2, 0.25) is 0 Å². The van der Waals surface area contributed by atoms with Crippen molar-refractivity contribution in [3.63, 3.8) is 0 Å². The van der Waals surface area contributed by atoms with Crippen LogP contribution in [0.15, 0.2) is 4.42 Å². The SMILES string of the molecule is O=[N+]([O-])C(c1nnc(C([N+](=O)[O-])([N+](=O)[O-])[N+](=O)[O-])o1)([N+](=O)[O-])[N+](=O)[O-]. The van der Waals surface area contributed by atoms with E-state index in [4.69, 9.17) is 0 Å². The van der Waals surface area contributed by atoms with Crippen molar-refractivity contribution in [1.82, 2.24) is 10.2 Å². The van der Waals surface area contributed by atoms with E-state index in [0.29, 0.717) is 0 Å². The number of aromatic nitrogens is 2. The second-order valence-electron chi connectivity index (χ2n) is 3.73. The molecule has 25 heavy (non-hydrogen) atoms. The predicted octanol–water partition coefficient (Wildman–Crippen LogP) is -2.05. The molecule has 134 valence electrons. The molecule has 1 aromatic rings. The van der Waals surface area contributed by atoms with Gasteiger partial charge in [0.05, 0.1) is 0 Å². The van der Waals surface area contributed by atoms with Gasteiger partial charge >= 0.3 is 23.4 Å². The van der Waals surface area contributed by atoms with Crippen LogP contribution in [0.25, 0.3) is 0 Å². The van der Waals surface area contributed by atoms with E-state index in [1.807, 2.05) is 0 Å². The second kappa shape index (κ2) is 5.63. The highest BCUT2D eigenvalue weighted by atomic mass is 16.8. The maximum atomic E-state index is 10.8. The van der Waals surface area contributed by atoms with Crippen LogP contribution < -0.4 is 0 Å². The zero-order valence-electron chi connectivity index (χ0n) is 10.9. The van der Waals surface area contributed by atoms with Crippen molar-refractivity contribution in [2.24, 2.45) is 0 Å². The summed E-state index contributed by atoms with van der Waals surface area (Å²) in [5, 5.41) is 69.4. The zero-order valence-corrected chi connectivity index (χ0v) is 10.9. The van der Waals surface area contributed by atoms with Crippen molar-refractivity contribution in [2.75, 3.05) is 0 Å². The first-order valence-corrected chi connectivity index (χ1v) is 5.09. The van der Waals surface area contributed by atoms with Gasteiger partial charge in [0, 0.05) is 0 Å². The van der Waals surface area contributed by atoms with Crippen LogP contribution in [0.4, 0.5) is 0 Å². The molecule has 21 heteroatoms. The summed E-state index contributed by atoms with van der Waals surface area (Å²) < 4.78 is 3.91.